The Morgan fingerprint density at radius 2 is 0.796 bits per heavy atom. The van der Waals surface area contributed by atoms with Gasteiger partial charge >= 0.3 is 0 Å². The molecule has 0 aliphatic rings. The van der Waals surface area contributed by atoms with Crippen LogP contribution in [0.5, 0.6) is 0 Å². The summed E-state index contributed by atoms with van der Waals surface area (Å²) in [5, 5.41) is 5.12. The molecule has 2 heteroatoms. The molecular formula is C52H35NS. The van der Waals surface area contributed by atoms with Crippen LogP contribution >= 0.6 is 11.3 Å². The van der Waals surface area contributed by atoms with Gasteiger partial charge < -0.3 is 4.90 Å². The first-order valence-corrected chi connectivity index (χ1v) is 19.2. The van der Waals surface area contributed by atoms with Gasteiger partial charge in [-0.2, -0.15) is 0 Å². The summed E-state index contributed by atoms with van der Waals surface area (Å²) in [7, 11) is 0. The molecular weight excluding hydrogens is 671 g/mol. The number of nitrogens with zero attached hydrogens (tertiary/aromatic N) is 1. The minimum absolute atomic E-state index is 1.10. The van der Waals surface area contributed by atoms with Gasteiger partial charge in [0.25, 0.3) is 0 Å². The Balaban J connectivity index is 1.06. The van der Waals surface area contributed by atoms with Crippen LogP contribution < -0.4 is 4.90 Å². The minimum Gasteiger partial charge on any atom is -0.310 e. The van der Waals surface area contributed by atoms with E-state index in [4.69, 9.17) is 0 Å². The molecule has 0 saturated heterocycles. The molecule has 0 aliphatic heterocycles. The Bertz CT molecular complexity index is 2900. The van der Waals surface area contributed by atoms with Gasteiger partial charge in [0.05, 0.1) is 5.69 Å². The second-order valence-corrected chi connectivity index (χ2v) is 14.8. The van der Waals surface area contributed by atoms with E-state index < -0.39 is 0 Å². The lowest BCUT2D eigenvalue weighted by Gasteiger charge is -2.28. The average Bonchev–Trinajstić information content (AvgIpc) is 3.63. The Morgan fingerprint density at radius 3 is 1.52 bits per heavy atom. The third-order valence-electron chi connectivity index (χ3n) is 10.5. The van der Waals surface area contributed by atoms with Gasteiger partial charge in [0, 0.05) is 37.1 Å². The third-order valence-corrected chi connectivity index (χ3v) is 11.6. The molecule has 54 heavy (non-hydrogen) atoms. The number of thiophene rings is 1. The van der Waals surface area contributed by atoms with Crippen LogP contribution in [0.25, 0.3) is 75.5 Å². The smallest absolute Gasteiger partial charge is 0.0540 e. The molecule has 0 saturated carbocycles. The lowest BCUT2D eigenvalue weighted by molar-refractivity contribution is 1.28. The molecule has 0 aliphatic carbocycles. The molecule has 0 amide bonds. The molecule has 0 bridgehead atoms. The summed E-state index contributed by atoms with van der Waals surface area (Å²) in [5.74, 6) is 0. The maximum absolute atomic E-state index is 2.40. The summed E-state index contributed by atoms with van der Waals surface area (Å²) >= 11 is 1.86. The molecule has 0 radical (unpaired) electrons. The Morgan fingerprint density at radius 1 is 0.296 bits per heavy atom. The van der Waals surface area contributed by atoms with Crippen molar-refractivity contribution in [1.82, 2.24) is 0 Å². The van der Waals surface area contributed by atoms with Crippen molar-refractivity contribution < 1.29 is 0 Å². The van der Waals surface area contributed by atoms with Crippen molar-refractivity contribution in [1.29, 1.82) is 0 Å². The van der Waals surface area contributed by atoms with E-state index in [1.54, 1.807) is 0 Å². The van der Waals surface area contributed by atoms with Crippen molar-refractivity contribution in [2.24, 2.45) is 0 Å². The standard InChI is InChI=1S/C52H35NS/c1-2-10-36(11-3-1)38-18-20-39(21-19-38)40-24-29-45(30-25-40)53(46-31-26-41(27-32-46)43-23-22-37-12-4-5-13-42(37)34-43)50-16-8-6-14-47(50)44-28-33-52-49(35-44)48-15-7-9-17-51(48)54-52/h1-35H. The van der Waals surface area contributed by atoms with E-state index in [0.717, 1.165) is 17.1 Å². The van der Waals surface area contributed by atoms with Crippen molar-refractivity contribution in [2.75, 3.05) is 4.90 Å². The van der Waals surface area contributed by atoms with E-state index in [-0.39, 0.29) is 0 Å². The van der Waals surface area contributed by atoms with Gasteiger partial charge in [-0.25, -0.2) is 0 Å². The zero-order valence-electron chi connectivity index (χ0n) is 29.6. The predicted octanol–water partition coefficient (Wildman–Crippen LogP) is 15.3. The number of rotatable bonds is 7. The molecule has 0 spiro atoms. The molecule has 1 heterocycles. The van der Waals surface area contributed by atoms with Gasteiger partial charge in [-0.3, -0.25) is 0 Å². The minimum atomic E-state index is 1.10. The van der Waals surface area contributed by atoms with Gasteiger partial charge in [0.2, 0.25) is 0 Å². The van der Waals surface area contributed by atoms with Crippen molar-refractivity contribution in [3.63, 3.8) is 0 Å². The van der Waals surface area contributed by atoms with Gasteiger partial charge in [-0.15, -0.1) is 11.3 Å². The average molecular weight is 706 g/mol. The van der Waals surface area contributed by atoms with Crippen molar-refractivity contribution in [2.45, 2.75) is 0 Å². The molecule has 0 unspecified atom stereocenters. The number of hydrogen-bond acceptors (Lipinski definition) is 2. The molecule has 1 aromatic heterocycles. The quantitative estimate of drug-likeness (QED) is 0.160. The fourth-order valence-electron chi connectivity index (χ4n) is 7.69. The zero-order chi connectivity index (χ0) is 35.8. The lowest BCUT2D eigenvalue weighted by Crippen LogP contribution is -2.11. The number of fused-ring (bicyclic) bond motifs is 4. The zero-order valence-corrected chi connectivity index (χ0v) is 30.4. The first-order chi connectivity index (χ1) is 26.7. The maximum Gasteiger partial charge on any atom is 0.0540 e. The van der Waals surface area contributed by atoms with E-state index in [9.17, 15) is 0 Å². The normalized spacial score (nSPS) is 11.3. The highest BCUT2D eigenvalue weighted by Gasteiger charge is 2.18. The monoisotopic (exact) mass is 705 g/mol. The molecule has 0 atom stereocenters. The fraction of sp³-hybridized carbons (Fsp3) is 0. The van der Waals surface area contributed by atoms with E-state index >= 15 is 0 Å². The number of benzene rings is 9. The van der Waals surface area contributed by atoms with Crippen LogP contribution in [-0.4, -0.2) is 0 Å². The van der Waals surface area contributed by atoms with Crippen molar-refractivity contribution >= 4 is 59.3 Å². The summed E-state index contributed by atoms with van der Waals surface area (Å²) in [5.41, 5.74) is 13.0. The molecule has 10 aromatic rings. The van der Waals surface area contributed by atoms with Crippen molar-refractivity contribution in [3.8, 4) is 44.5 Å². The fourth-order valence-corrected chi connectivity index (χ4v) is 8.78. The summed E-state index contributed by atoms with van der Waals surface area (Å²) in [6, 6.07) is 77.2. The van der Waals surface area contributed by atoms with Crippen LogP contribution in [0.4, 0.5) is 17.1 Å². The second-order valence-electron chi connectivity index (χ2n) is 13.8. The maximum atomic E-state index is 2.40. The predicted molar refractivity (Wildman–Crippen MR) is 233 cm³/mol. The largest absolute Gasteiger partial charge is 0.310 e. The Labute approximate surface area is 319 Å². The molecule has 0 fully saturated rings. The molecule has 10 rings (SSSR count). The van der Waals surface area contributed by atoms with Gasteiger partial charge in [-0.1, -0.05) is 158 Å². The summed E-state index contributed by atoms with van der Waals surface area (Å²) < 4.78 is 2.63. The summed E-state index contributed by atoms with van der Waals surface area (Å²) in [4.78, 5) is 2.40. The highest BCUT2D eigenvalue weighted by molar-refractivity contribution is 7.25. The Kier molecular flexibility index (Phi) is 8.09. The lowest BCUT2D eigenvalue weighted by atomic mass is 9.98. The van der Waals surface area contributed by atoms with Crippen LogP contribution in [0.3, 0.4) is 0 Å². The van der Waals surface area contributed by atoms with E-state index in [1.807, 2.05) is 11.3 Å². The highest BCUT2D eigenvalue weighted by atomic mass is 32.1. The summed E-state index contributed by atoms with van der Waals surface area (Å²) in [6.45, 7) is 0. The molecule has 1 nitrogen and oxygen atoms in total. The Hall–Kier alpha value is -6.74. The van der Waals surface area contributed by atoms with Crippen molar-refractivity contribution in [3.05, 3.63) is 212 Å². The number of anilines is 3. The first kappa shape index (κ1) is 32.0. The summed E-state index contributed by atoms with van der Waals surface area (Å²) in [6.07, 6.45) is 0. The molecule has 0 N–H and O–H groups in total. The van der Waals surface area contributed by atoms with Gasteiger partial charge in [0.15, 0.2) is 0 Å². The SMILES string of the molecule is c1ccc(-c2ccc(-c3ccc(N(c4ccc(-c5ccc6ccccc6c5)cc4)c4ccccc4-c4ccc5sc6ccccc6c5c4)cc3)cc2)cc1. The van der Waals surface area contributed by atoms with Crippen LogP contribution in [-0.2, 0) is 0 Å². The number of para-hydroxylation sites is 1. The topological polar surface area (TPSA) is 3.24 Å². The first-order valence-electron chi connectivity index (χ1n) is 18.4. The van der Waals surface area contributed by atoms with Gasteiger partial charge in [0.1, 0.15) is 0 Å². The molecule has 9 aromatic carbocycles. The van der Waals surface area contributed by atoms with Crippen LogP contribution in [0.15, 0.2) is 212 Å². The van der Waals surface area contributed by atoms with E-state index in [2.05, 4.69) is 217 Å². The van der Waals surface area contributed by atoms with E-state index in [0.29, 0.717) is 0 Å². The second kappa shape index (κ2) is 13.7. The van der Waals surface area contributed by atoms with Crippen LogP contribution in [0.2, 0.25) is 0 Å². The molecule has 254 valence electrons. The van der Waals surface area contributed by atoms with Crippen LogP contribution in [0, 0.1) is 0 Å². The van der Waals surface area contributed by atoms with E-state index in [1.165, 1.54) is 75.5 Å². The highest BCUT2D eigenvalue weighted by Crippen LogP contribution is 2.44. The number of hydrogen-bond donors (Lipinski definition) is 0. The third kappa shape index (κ3) is 5.93. The van der Waals surface area contributed by atoms with Gasteiger partial charge in [-0.05, 0) is 104 Å². The van der Waals surface area contributed by atoms with Crippen LogP contribution in [0.1, 0.15) is 0 Å².